The van der Waals surface area contributed by atoms with Crippen molar-refractivity contribution in [1.29, 1.82) is 0 Å². The summed E-state index contributed by atoms with van der Waals surface area (Å²) in [6, 6.07) is 1.88. The van der Waals surface area contributed by atoms with E-state index in [4.69, 9.17) is 5.73 Å². The van der Waals surface area contributed by atoms with Crippen molar-refractivity contribution in [2.45, 2.75) is 77.4 Å². The van der Waals surface area contributed by atoms with Crippen LogP contribution in [0.2, 0.25) is 0 Å². The van der Waals surface area contributed by atoms with Crippen LogP contribution >= 0.6 is 0 Å². The van der Waals surface area contributed by atoms with Gasteiger partial charge in [0.15, 0.2) is 0 Å². The van der Waals surface area contributed by atoms with Crippen LogP contribution in [0.3, 0.4) is 0 Å². The van der Waals surface area contributed by atoms with Gasteiger partial charge in [0.25, 0.3) is 0 Å². The summed E-state index contributed by atoms with van der Waals surface area (Å²) in [6.07, 6.45) is 7.87. The van der Waals surface area contributed by atoms with Crippen molar-refractivity contribution in [1.82, 2.24) is 4.90 Å². The fourth-order valence-electron chi connectivity index (χ4n) is 3.67. The SMILES string of the molecule is CCC1CCCN1C1CC(C)(C)CCC1N. The van der Waals surface area contributed by atoms with Crippen LogP contribution < -0.4 is 5.73 Å². The number of rotatable bonds is 2. The zero-order valence-corrected chi connectivity index (χ0v) is 11.2. The Morgan fingerprint density at radius 3 is 2.75 bits per heavy atom. The van der Waals surface area contributed by atoms with Gasteiger partial charge in [-0.25, -0.2) is 0 Å². The van der Waals surface area contributed by atoms with Crippen LogP contribution in [0.1, 0.15) is 59.3 Å². The maximum absolute atomic E-state index is 6.36. The third-order valence-electron chi connectivity index (χ3n) is 4.73. The average Bonchev–Trinajstić information content (AvgIpc) is 2.69. The second-order valence-corrected chi connectivity index (χ2v) is 6.58. The van der Waals surface area contributed by atoms with Gasteiger partial charge in [0, 0.05) is 18.1 Å². The van der Waals surface area contributed by atoms with E-state index in [1.165, 1.54) is 45.1 Å². The first-order valence-corrected chi connectivity index (χ1v) is 7.05. The highest BCUT2D eigenvalue weighted by molar-refractivity contribution is 4.96. The van der Waals surface area contributed by atoms with Crippen LogP contribution in [-0.4, -0.2) is 29.6 Å². The summed E-state index contributed by atoms with van der Waals surface area (Å²) in [5.41, 5.74) is 6.86. The summed E-state index contributed by atoms with van der Waals surface area (Å²) in [4.78, 5) is 2.73. The molecule has 0 spiro atoms. The van der Waals surface area contributed by atoms with Gasteiger partial charge in [-0.15, -0.1) is 0 Å². The van der Waals surface area contributed by atoms with E-state index in [1.807, 2.05) is 0 Å². The highest BCUT2D eigenvalue weighted by Crippen LogP contribution is 2.39. The Hall–Kier alpha value is -0.0800. The van der Waals surface area contributed by atoms with Crippen LogP contribution in [0.15, 0.2) is 0 Å². The van der Waals surface area contributed by atoms with Crippen molar-refractivity contribution in [3.05, 3.63) is 0 Å². The molecular weight excluding hydrogens is 196 g/mol. The lowest BCUT2D eigenvalue weighted by Crippen LogP contribution is -2.54. The van der Waals surface area contributed by atoms with Crippen molar-refractivity contribution in [3.63, 3.8) is 0 Å². The first-order valence-electron chi connectivity index (χ1n) is 7.05. The van der Waals surface area contributed by atoms with Gasteiger partial charge >= 0.3 is 0 Å². The second kappa shape index (κ2) is 4.66. The summed E-state index contributed by atoms with van der Waals surface area (Å²) in [5.74, 6) is 0. The predicted molar refractivity (Wildman–Crippen MR) is 69.4 cm³/mol. The molecule has 0 radical (unpaired) electrons. The number of hydrogen-bond donors (Lipinski definition) is 1. The first-order chi connectivity index (χ1) is 7.53. The minimum absolute atomic E-state index is 0.417. The summed E-state index contributed by atoms with van der Waals surface area (Å²) in [6.45, 7) is 8.42. The van der Waals surface area contributed by atoms with Crippen LogP contribution in [0.5, 0.6) is 0 Å². The molecule has 94 valence electrons. The summed E-state index contributed by atoms with van der Waals surface area (Å²) in [5, 5.41) is 0. The minimum Gasteiger partial charge on any atom is -0.326 e. The second-order valence-electron chi connectivity index (χ2n) is 6.58. The van der Waals surface area contributed by atoms with Gasteiger partial charge in [-0.3, -0.25) is 4.90 Å². The monoisotopic (exact) mass is 224 g/mol. The largest absolute Gasteiger partial charge is 0.326 e. The molecule has 1 aliphatic carbocycles. The number of hydrogen-bond acceptors (Lipinski definition) is 2. The molecule has 2 rings (SSSR count). The predicted octanol–water partition coefficient (Wildman–Crippen LogP) is 2.77. The molecule has 0 bridgehead atoms. The average molecular weight is 224 g/mol. The van der Waals surface area contributed by atoms with Gasteiger partial charge in [-0.2, -0.15) is 0 Å². The molecule has 1 saturated carbocycles. The molecule has 2 fully saturated rings. The molecule has 16 heavy (non-hydrogen) atoms. The van der Waals surface area contributed by atoms with Crippen LogP contribution in [0.25, 0.3) is 0 Å². The molecule has 3 atom stereocenters. The lowest BCUT2D eigenvalue weighted by atomic mass is 9.72. The standard InChI is InChI=1S/C14H28N2/c1-4-11-6-5-9-16(11)13-10-14(2,3)8-7-12(13)15/h11-13H,4-10,15H2,1-3H3. The highest BCUT2D eigenvalue weighted by Gasteiger charge is 2.39. The van der Waals surface area contributed by atoms with E-state index in [-0.39, 0.29) is 0 Å². The zero-order chi connectivity index (χ0) is 11.8. The quantitative estimate of drug-likeness (QED) is 0.781. The topological polar surface area (TPSA) is 29.3 Å². The first kappa shape index (κ1) is 12.4. The van der Waals surface area contributed by atoms with Crippen LogP contribution in [-0.2, 0) is 0 Å². The normalized spacial score (nSPS) is 40.1. The Morgan fingerprint density at radius 1 is 1.31 bits per heavy atom. The maximum Gasteiger partial charge on any atom is 0.0255 e. The molecular formula is C14H28N2. The van der Waals surface area contributed by atoms with E-state index in [9.17, 15) is 0 Å². The zero-order valence-electron chi connectivity index (χ0n) is 11.2. The highest BCUT2D eigenvalue weighted by atomic mass is 15.2. The maximum atomic E-state index is 6.36. The molecule has 2 N–H and O–H groups in total. The molecule has 0 aromatic carbocycles. The Morgan fingerprint density at radius 2 is 2.06 bits per heavy atom. The molecule has 2 heteroatoms. The fraction of sp³-hybridized carbons (Fsp3) is 1.00. The molecule has 1 saturated heterocycles. The molecule has 2 nitrogen and oxygen atoms in total. The molecule has 3 unspecified atom stereocenters. The summed E-state index contributed by atoms with van der Waals surface area (Å²) >= 11 is 0. The Labute approximate surface area is 101 Å². The lowest BCUT2D eigenvalue weighted by molar-refractivity contribution is 0.0678. The van der Waals surface area contributed by atoms with Crippen molar-refractivity contribution in [3.8, 4) is 0 Å². The third kappa shape index (κ3) is 2.43. The Balaban J connectivity index is 2.06. The van der Waals surface area contributed by atoms with Crippen LogP contribution in [0, 0.1) is 5.41 Å². The van der Waals surface area contributed by atoms with Gasteiger partial charge in [0.1, 0.15) is 0 Å². The van der Waals surface area contributed by atoms with E-state index < -0.39 is 0 Å². The number of likely N-dealkylation sites (tertiary alicyclic amines) is 1. The van der Waals surface area contributed by atoms with Gasteiger partial charge in [0.2, 0.25) is 0 Å². The van der Waals surface area contributed by atoms with Gasteiger partial charge in [0.05, 0.1) is 0 Å². The summed E-state index contributed by atoms with van der Waals surface area (Å²) < 4.78 is 0. The van der Waals surface area contributed by atoms with Gasteiger partial charge in [-0.05, 0) is 50.5 Å². The van der Waals surface area contributed by atoms with E-state index >= 15 is 0 Å². The smallest absolute Gasteiger partial charge is 0.0255 e. The molecule has 0 aromatic rings. The van der Waals surface area contributed by atoms with E-state index in [2.05, 4.69) is 25.7 Å². The molecule has 1 heterocycles. The molecule has 1 aliphatic heterocycles. The molecule has 0 amide bonds. The van der Waals surface area contributed by atoms with Crippen molar-refractivity contribution in [2.75, 3.05) is 6.54 Å². The Kier molecular flexibility index (Phi) is 3.60. The fourth-order valence-corrected chi connectivity index (χ4v) is 3.67. The molecule has 2 aliphatic rings. The van der Waals surface area contributed by atoms with E-state index in [0.717, 1.165) is 6.04 Å². The Bertz CT molecular complexity index is 237. The molecule has 0 aromatic heterocycles. The van der Waals surface area contributed by atoms with Crippen molar-refractivity contribution in [2.24, 2.45) is 11.1 Å². The number of nitrogens with two attached hydrogens (primary N) is 1. The van der Waals surface area contributed by atoms with E-state index in [1.54, 1.807) is 0 Å². The van der Waals surface area contributed by atoms with Gasteiger partial charge < -0.3 is 5.73 Å². The minimum atomic E-state index is 0.417. The lowest BCUT2D eigenvalue weighted by Gasteiger charge is -2.45. The van der Waals surface area contributed by atoms with Crippen molar-refractivity contribution >= 4 is 0 Å². The van der Waals surface area contributed by atoms with Crippen molar-refractivity contribution < 1.29 is 0 Å². The summed E-state index contributed by atoms with van der Waals surface area (Å²) in [7, 11) is 0. The third-order valence-corrected chi connectivity index (χ3v) is 4.73. The van der Waals surface area contributed by atoms with Crippen LogP contribution in [0.4, 0.5) is 0 Å². The number of nitrogens with zero attached hydrogens (tertiary/aromatic N) is 1. The van der Waals surface area contributed by atoms with E-state index in [0.29, 0.717) is 17.5 Å². The van der Waals surface area contributed by atoms with Gasteiger partial charge in [-0.1, -0.05) is 20.8 Å².